The molecule has 2 aromatic heterocycles. The first-order valence-electron chi connectivity index (χ1n) is 7.37. The Bertz CT molecular complexity index is 846. The van der Waals surface area contributed by atoms with Crippen molar-refractivity contribution in [3.05, 3.63) is 41.5 Å². The molecule has 0 aliphatic rings. The van der Waals surface area contributed by atoms with E-state index in [1.54, 1.807) is 11.3 Å². The summed E-state index contributed by atoms with van der Waals surface area (Å²) in [7, 11) is 0. The predicted molar refractivity (Wildman–Crippen MR) is 96.7 cm³/mol. The Morgan fingerprint density at radius 2 is 2.04 bits per heavy atom. The normalized spacial score (nSPS) is 12.4. The maximum absolute atomic E-state index is 11.6. The molecule has 118 valence electrons. The summed E-state index contributed by atoms with van der Waals surface area (Å²) < 4.78 is 0. The van der Waals surface area contributed by atoms with E-state index < -0.39 is 0 Å². The number of aryl methyl sites for hydroxylation is 1. The Hall–Kier alpha value is -1.92. The van der Waals surface area contributed by atoms with Gasteiger partial charge in [-0.25, -0.2) is 9.97 Å². The van der Waals surface area contributed by atoms with Gasteiger partial charge in [0.15, 0.2) is 0 Å². The Morgan fingerprint density at radius 1 is 1.30 bits per heavy atom. The van der Waals surface area contributed by atoms with Crippen molar-refractivity contribution in [3.63, 3.8) is 0 Å². The van der Waals surface area contributed by atoms with Crippen molar-refractivity contribution in [2.75, 3.05) is 0 Å². The molecule has 2 N–H and O–H groups in total. The molecule has 0 radical (unpaired) electrons. The van der Waals surface area contributed by atoms with Crippen LogP contribution in [0.5, 0.6) is 0 Å². The molecule has 23 heavy (non-hydrogen) atoms. The molecular weight excluding hydrogens is 326 g/mol. The lowest BCUT2D eigenvalue weighted by Crippen LogP contribution is -2.25. The van der Waals surface area contributed by atoms with Gasteiger partial charge in [-0.05, 0) is 18.9 Å². The monoisotopic (exact) mass is 343 g/mol. The van der Waals surface area contributed by atoms with Crippen molar-refractivity contribution >= 4 is 39.2 Å². The first-order valence-corrected chi connectivity index (χ1v) is 9.13. The fourth-order valence-electron chi connectivity index (χ4n) is 2.40. The molecule has 1 amide bonds. The molecule has 4 nitrogen and oxygen atoms in total. The molecule has 0 saturated heterocycles. The third-order valence-corrected chi connectivity index (χ3v) is 5.78. The summed E-state index contributed by atoms with van der Waals surface area (Å²) in [5.41, 5.74) is 7.73. The van der Waals surface area contributed by atoms with Crippen molar-refractivity contribution in [1.29, 1.82) is 0 Å². The summed E-state index contributed by atoms with van der Waals surface area (Å²) in [5, 5.41) is 3.66. The van der Waals surface area contributed by atoms with Gasteiger partial charge in [0.05, 0.1) is 10.6 Å². The number of primary amides is 1. The fourth-order valence-corrected chi connectivity index (χ4v) is 4.52. The van der Waals surface area contributed by atoms with Crippen LogP contribution in [0.1, 0.15) is 19.2 Å². The predicted octanol–water partition coefficient (Wildman–Crippen LogP) is 4.02. The van der Waals surface area contributed by atoms with Crippen LogP contribution in [0, 0.1) is 6.92 Å². The summed E-state index contributed by atoms with van der Waals surface area (Å²) >= 11 is 3.03. The first kappa shape index (κ1) is 16.0. The second-order valence-corrected chi connectivity index (χ2v) is 7.24. The minimum Gasteiger partial charge on any atom is -0.369 e. The molecule has 1 atom stereocenters. The minimum absolute atomic E-state index is 0.281. The average molecular weight is 343 g/mol. The topological polar surface area (TPSA) is 68.9 Å². The third-order valence-electron chi connectivity index (χ3n) is 3.54. The number of thiophene rings is 1. The number of carbonyl (C=O) groups excluding carboxylic acids is 1. The number of aromatic nitrogens is 2. The molecule has 0 bridgehead atoms. The quantitative estimate of drug-likeness (QED) is 0.561. The van der Waals surface area contributed by atoms with Crippen LogP contribution in [-0.4, -0.2) is 21.1 Å². The zero-order chi connectivity index (χ0) is 16.4. The van der Waals surface area contributed by atoms with Crippen LogP contribution in [0.2, 0.25) is 0 Å². The molecule has 1 unspecified atom stereocenters. The molecule has 3 aromatic rings. The second-order valence-electron chi connectivity index (χ2n) is 5.19. The molecule has 0 aliphatic carbocycles. The van der Waals surface area contributed by atoms with E-state index in [1.165, 1.54) is 11.8 Å². The maximum Gasteiger partial charge on any atom is 0.230 e. The van der Waals surface area contributed by atoms with Gasteiger partial charge >= 0.3 is 0 Å². The number of amides is 1. The zero-order valence-corrected chi connectivity index (χ0v) is 14.6. The van der Waals surface area contributed by atoms with E-state index in [9.17, 15) is 4.79 Å². The van der Waals surface area contributed by atoms with E-state index in [2.05, 4.69) is 27.5 Å². The smallest absolute Gasteiger partial charge is 0.230 e. The Labute approximate surface area is 143 Å². The van der Waals surface area contributed by atoms with Crippen LogP contribution in [0.3, 0.4) is 0 Å². The van der Waals surface area contributed by atoms with Crippen molar-refractivity contribution in [2.45, 2.75) is 30.5 Å². The summed E-state index contributed by atoms with van der Waals surface area (Å²) in [6.07, 6.45) is 0.676. The molecule has 3 rings (SSSR count). The molecule has 1 aromatic carbocycles. The SMILES string of the molecule is CCC(Sc1nc(C)nc2scc(-c3ccccc3)c12)C(N)=O. The third kappa shape index (κ3) is 3.23. The van der Waals surface area contributed by atoms with Gasteiger partial charge in [0.2, 0.25) is 5.91 Å². The molecule has 0 spiro atoms. The van der Waals surface area contributed by atoms with Crippen LogP contribution in [-0.2, 0) is 4.79 Å². The van der Waals surface area contributed by atoms with Gasteiger partial charge in [0, 0.05) is 10.9 Å². The molecule has 2 heterocycles. The number of hydrogen-bond acceptors (Lipinski definition) is 5. The second kappa shape index (κ2) is 6.68. The lowest BCUT2D eigenvalue weighted by atomic mass is 10.1. The van der Waals surface area contributed by atoms with Gasteiger partial charge in [-0.3, -0.25) is 4.79 Å². The number of nitrogens with two attached hydrogens (primary N) is 1. The number of rotatable bonds is 5. The fraction of sp³-hybridized carbons (Fsp3) is 0.235. The Balaban J connectivity index is 2.16. The lowest BCUT2D eigenvalue weighted by molar-refractivity contribution is -0.117. The number of carbonyl (C=O) groups is 1. The van der Waals surface area contributed by atoms with Gasteiger partial charge in [0.25, 0.3) is 0 Å². The first-order chi connectivity index (χ1) is 11.1. The van der Waals surface area contributed by atoms with Crippen LogP contribution >= 0.6 is 23.1 Å². The Kier molecular flexibility index (Phi) is 4.63. The maximum atomic E-state index is 11.6. The van der Waals surface area contributed by atoms with Crippen molar-refractivity contribution in [2.24, 2.45) is 5.73 Å². The van der Waals surface area contributed by atoms with Gasteiger partial charge in [-0.15, -0.1) is 11.3 Å². The van der Waals surface area contributed by atoms with Crippen LogP contribution < -0.4 is 5.73 Å². The highest BCUT2D eigenvalue weighted by atomic mass is 32.2. The zero-order valence-electron chi connectivity index (χ0n) is 12.9. The number of fused-ring (bicyclic) bond motifs is 1. The Morgan fingerprint density at radius 3 is 2.70 bits per heavy atom. The summed E-state index contributed by atoms with van der Waals surface area (Å²) in [6.45, 7) is 3.83. The standard InChI is InChI=1S/C17H17N3OS2/c1-3-13(15(18)21)23-17-14-12(11-7-5-4-6-8-11)9-22-16(14)19-10(2)20-17/h4-9,13H,3H2,1-2H3,(H2,18,21). The van der Waals surface area contributed by atoms with Crippen LogP contribution in [0.25, 0.3) is 21.3 Å². The highest BCUT2D eigenvalue weighted by Gasteiger charge is 2.20. The number of nitrogens with zero attached hydrogens (tertiary/aromatic N) is 2. The van der Waals surface area contributed by atoms with Gasteiger partial charge in [0.1, 0.15) is 15.7 Å². The summed E-state index contributed by atoms with van der Waals surface area (Å²) in [6, 6.07) is 10.2. The van der Waals surface area contributed by atoms with Crippen LogP contribution in [0.4, 0.5) is 0 Å². The largest absolute Gasteiger partial charge is 0.369 e. The highest BCUT2D eigenvalue weighted by Crippen LogP contribution is 2.39. The van der Waals surface area contributed by atoms with E-state index in [0.29, 0.717) is 12.2 Å². The van der Waals surface area contributed by atoms with Crippen molar-refractivity contribution in [1.82, 2.24) is 9.97 Å². The van der Waals surface area contributed by atoms with E-state index in [0.717, 1.165) is 26.4 Å². The lowest BCUT2D eigenvalue weighted by Gasteiger charge is -2.12. The van der Waals surface area contributed by atoms with Gasteiger partial charge < -0.3 is 5.73 Å². The molecular formula is C17H17N3OS2. The average Bonchev–Trinajstić information content (AvgIpc) is 2.96. The van der Waals surface area contributed by atoms with Crippen molar-refractivity contribution < 1.29 is 4.79 Å². The van der Waals surface area contributed by atoms with Crippen molar-refractivity contribution in [3.8, 4) is 11.1 Å². The summed E-state index contributed by atoms with van der Waals surface area (Å²) in [5.74, 6) is 0.402. The number of thioether (sulfide) groups is 1. The number of hydrogen-bond donors (Lipinski definition) is 1. The molecule has 0 saturated carbocycles. The minimum atomic E-state index is -0.307. The van der Waals surface area contributed by atoms with E-state index in [4.69, 9.17) is 5.73 Å². The van der Waals surface area contributed by atoms with E-state index in [-0.39, 0.29) is 11.2 Å². The highest BCUT2D eigenvalue weighted by molar-refractivity contribution is 8.00. The van der Waals surface area contributed by atoms with Crippen LogP contribution in [0.15, 0.2) is 40.7 Å². The molecule has 6 heteroatoms. The van der Waals surface area contributed by atoms with Gasteiger partial charge in [-0.1, -0.05) is 49.0 Å². The summed E-state index contributed by atoms with van der Waals surface area (Å²) in [4.78, 5) is 21.7. The van der Waals surface area contributed by atoms with E-state index in [1.807, 2.05) is 32.0 Å². The molecule has 0 fully saturated rings. The molecule has 0 aliphatic heterocycles. The van der Waals surface area contributed by atoms with Gasteiger partial charge in [-0.2, -0.15) is 0 Å². The van der Waals surface area contributed by atoms with E-state index >= 15 is 0 Å². The number of benzene rings is 1.